The fourth-order valence-corrected chi connectivity index (χ4v) is 10.4. The molecule has 7 aromatic rings. The molecule has 318 valence electrons. The Morgan fingerprint density at radius 2 is 0.492 bits per heavy atom. The minimum absolute atomic E-state index is 0.346. The zero-order valence-corrected chi connectivity index (χ0v) is 41.4. The van der Waals surface area contributed by atoms with E-state index in [4.69, 9.17) is 39.3 Å². The molecule has 0 saturated heterocycles. The molecule has 4 nitrogen and oxygen atoms in total. The first kappa shape index (κ1) is 44.3. The topological polar surface area (TPSA) is 54.0 Å². The van der Waals surface area contributed by atoms with Crippen molar-refractivity contribution in [3.63, 3.8) is 0 Å². The summed E-state index contributed by atoms with van der Waals surface area (Å²) in [4.78, 5) is 22.4. The molecule has 0 unspecified atom stereocenters. The van der Waals surface area contributed by atoms with Crippen LogP contribution >= 0.6 is 19.4 Å². The second kappa shape index (κ2) is 17.7. The zero-order valence-electron chi connectivity index (χ0n) is 38.1. The summed E-state index contributed by atoms with van der Waals surface area (Å²) in [6, 6.07) is 26.9. The Morgan fingerprint density at radius 3 is 0.667 bits per heavy atom. The van der Waals surface area contributed by atoms with Crippen molar-refractivity contribution in [2.24, 2.45) is 0 Å². The van der Waals surface area contributed by atoms with Gasteiger partial charge in [0.2, 0.25) is 0 Å². The molecule has 0 amide bonds. The molecule has 0 spiro atoms. The van der Waals surface area contributed by atoms with Crippen LogP contribution in [-0.2, 0) is 15.1 Å². The summed E-state index contributed by atoms with van der Waals surface area (Å²) in [5, 5.41) is 0. The van der Waals surface area contributed by atoms with E-state index in [0.717, 1.165) is 89.4 Å². The van der Waals surface area contributed by atoms with Crippen LogP contribution in [0.1, 0.15) is 89.5 Å². The van der Waals surface area contributed by atoms with Crippen molar-refractivity contribution in [1.82, 2.24) is 19.9 Å². The number of fused-ring (bicyclic) bond motifs is 8. The molecule has 0 saturated carbocycles. The molecule has 0 aliphatic carbocycles. The van der Waals surface area contributed by atoms with Gasteiger partial charge in [0, 0.05) is 0 Å². The van der Waals surface area contributed by atoms with Gasteiger partial charge in [-0.15, -0.1) is 22.1 Å². The fourth-order valence-electron chi connectivity index (χ4n) is 10.4. The number of hydrogen-bond acceptors (Lipinski definition) is 2. The van der Waals surface area contributed by atoms with Crippen molar-refractivity contribution in [3.8, 4) is 44.5 Å². The maximum absolute atomic E-state index is 5.59. The Bertz CT molecular complexity index is 2740. The van der Waals surface area contributed by atoms with E-state index in [0.29, 0.717) is 0 Å². The van der Waals surface area contributed by atoms with Crippen LogP contribution in [0.4, 0.5) is 0 Å². The second-order valence-electron chi connectivity index (χ2n) is 17.5. The summed E-state index contributed by atoms with van der Waals surface area (Å²) >= 11 is -0.346. The Kier molecular flexibility index (Phi) is 12.4. The molecule has 63 heavy (non-hydrogen) atoms. The molecule has 0 atom stereocenters. The summed E-state index contributed by atoms with van der Waals surface area (Å²) in [7, 11) is 9.71. The molecule has 2 aliphatic heterocycles. The average molecular weight is 953 g/mol. The standard InChI is InChI=1S/C56H52N4.2ClH.Ru/c1-29-21-33(5)49(34(6)22-29)53-41-13-15-43(57-41)54(50-35(7)23-30(2)24-36(50)8)45-17-19-47(59-45)56(52-39(11)27-32(4)28-40(52)12)48-20-18-46(60-48)55(44-16-14-42(53)58-44)51-37(9)25-31(3)26-38(51)10;;;/h13-28H,1-12H3;2*1H;/q-2;;;+4/p-2. The summed E-state index contributed by atoms with van der Waals surface area (Å²) < 4.78 is 0. The van der Waals surface area contributed by atoms with E-state index in [-0.39, 0.29) is 15.1 Å². The number of hydrogen-bond donors (Lipinski definition) is 0. The van der Waals surface area contributed by atoms with Crippen molar-refractivity contribution in [3.05, 3.63) is 162 Å². The van der Waals surface area contributed by atoms with Crippen molar-refractivity contribution >= 4 is 65.8 Å². The first-order valence-corrected chi connectivity index (χ1v) is 25.8. The summed E-state index contributed by atoms with van der Waals surface area (Å²) in [6.07, 6.45) is 8.72. The number of aryl methyl sites for hydroxylation is 12. The normalized spacial score (nSPS) is 11.9. The first-order valence-electron chi connectivity index (χ1n) is 21.3. The SMILES string of the molecule is Cc1cc(C)c(-c2c3nc(c(-c4c(C)cc(C)cc4C)c4ccc([n-]4)c(-c4c(C)cc(C)cc4C)c4nc(c(-c5c(C)cc(C)cc5C)c5ccc2[n-]5)C=C4)C=C3)c(C)c1.[Cl][Ru+2][Cl]. The molecule has 7 heteroatoms. The van der Waals surface area contributed by atoms with Crippen molar-refractivity contribution in [2.75, 3.05) is 0 Å². The van der Waals surface area contributed by atoms with E-state index in [1.807, 2.05) is 0 Å². The van der Waals surface area contributed by atoms with Crippen LogP contribution < -0.4 is 9.97 Å². The number of benzene rings is 4. The van der Waals surface area contributed by atoms with Crippen LogP contribution in [0.3, 0.4) is 0 Å². The molecular formula is C56H52Cl2N4Ru. The van der Waals surface area contributed by atoms with Gasteiger partial charge in [-0.2, -0.15) is 0 Å². The van der Waals surface area contributed by atoms with Gasteiger partial charge in [0.1, 0.15) is 0 Å². The molecule has 8 bridgehead atoms. The van der Waals surface area contributed by atoms with Crippen LogP contribution in [0, 0.1) is 83.1 Å². The van der Waals surface area contributed by atoms with E-state index >= 15 is 0 Å². The summed E-state index contributed by atoms with van der Waals surface area (Å²) in [6.45, 7) is 26.3. The molecule has 3 aromatic heterocycles. The van der Waals surface area contributed by atoms with Gasteiger partial charge in [0.15, 0.2) is 0 Å². The number of halogens is 2. The van der Waals surface area contributed by atoms with Gasteiger partial charge in [0.25, 0.3) is 0 Å². The van der Waals surface area contributed by atoms with Gasteiger partial charge in [-0.3, -0.25) is 0 Å². The van der Waals surface area contributed by atoms with E-state index in [1.165, 1.54) is 66.8 Å². The third-order valence-corrected chi connectivity index (χ3v) is 12.3. The van der Waals surface area contributed by atoms with E-state index in [9.17, 15) is 0 Å². The van der Waals surface area contributed by atoms with Gasteiger partial charge in [-0.05, 0) is 196 Å². The third-order valence-electron chi connectivity index (χ3n) is 12.3. The van der Waals surface area contributed by atoms with Crippen LogP contribution in [0.15, 0.2) is 72.8 Å². The van der Waals surface area contributed by atoms with Gasteiger partial charge in [0.05, 0.1) is 22.8 Å². The number of nitrogens with zero attached hydrogens (tertiary/aromatic N) is 4. The minimum atomic E-state index is -0.346. The Labute approximate surface area is 388 Å². The quantitative estimate of drug-likeness (QED) is 0.165. The predicted molar refractivity (Wildman–Crippen MR) is 267 cm³/mol. The predicted octanol–water partition coefficient (Wildman–Crippen LogP) is 15.7. The summed E-state index contributed by atoms with van der Waals surface area (Å²) in [5.74, 6) is 0. The molecule has 0 N–H and O–H groups in total. The number of rotatable bonds is 4. The van der Waals surface area contributed by atoms with Crippen molar-refractivity contribution in [2.45, 2.75) is 83.1 Å². The molecule has 9 rings (SSSR count). The fraction of sp³-hybridized carbons (Fsp3) is 0.214. The Balaban J connectivity index is 0.00000177. The summed E-state index contributed by atoms with van der Waals surface area (Å²) in [5.41, 5.74) is 30.4. The van der Waals surface area contributed by atoms with Crippen LogP contribution in [-0.4, -0.2) is 9.97 Å². The Hall–Kier alpha value is -5.32. The maximum atomic E-state index is 5.59. The third kappa shape index (κ3) is 8.33. The second-order valence-corrected chi connectivity index (χ2v) is 20.1. The molecular weight excluding hydrogens is 901 g/mol. The number of aromatic nitrogens is 4. The zero-order chi connectivity index (χ0) is 45.0. The molecule has 0 radical (unpaired) electrons. The Morgan fingerprint density at radius 1 is 0.317 bits per heavy atom. The van der Waals surface area contributed by atoms with Gasteiger partial charge in [-0.1, -0.05) is 95.1 Å². The molecule has 4 aromatic carbocycles. The average Bonchev–Trinajstić information content (AvgIpc) is 4.03. The van der Waals surface area contributed by atoms with E-state index in [2.05, 4.69) is 180 Å². The van der Waals surface area contributed by atoms with E-state index in [1.54, 1.807) is 0 Å². The van der Waals surface area contributed by atoms with Crippen LogP contribution in [0.25, 0.3) is 90.9 Å². The molecule has 5 heterocycles. The van der Waals surface area contributed by atoms with Gasteiger partial charge >= 0.3 is 34.5 Å². The van der Waals surface area contributed by atoms with Gasteiger partial charge < -0.3 is 9.97 Å². The van der Waals surface area contributed by atoms with Gasteiger partial charge in [-0.25, -0.2) is 9.97 Å². The van der Waals surface area contributed by atoms with Crippen molar-refractivity contribution < 1.29 is 15.1 Å². The monoisotopic (exact) mass is 952 g/mol. The van der Waals surface area contributed by atoms with Crippen molar-refractivity contribution in [1.29, 1.82) is 0 Å². The van der Waals surface area contributed by atoms with E-state index < -0.39 is 0 Å². The molecule has 2 aliphatic rings. The van der Waals surface area contributed by atoms with Crippen LogP contribution in [0.2, 0.25) is 0 Å². The van der Waals surface area contributed by atoms with Crippen LogP contribution in [0.5, 0.6) is 0 Å². The first-order chi connectivity index (χ1) is 30.1. The molecule has 0 fully saturated rings.